The molecule has 0 spiro atoms. The zero-order valence-corrected chi connectivity index (χ0v) is 9.08. The third kappa shape index (κ3) is 2.55. The van der Waals surface area contributed by atoms with Crippen molar-refractivity contribution in [1.82, 2.24) is 15.5 Å². The summed E-state index contributed by atoms with van der Waals surface area (Å²) < 4.78 is 20.7. The Balaban J connectivity index is 0.00000180. The molecule has 16 heavy (non-hydrogen) atoms. The van der Waals surface area contributed by atoms with Crippen LogP contribution in [0.3, 0.4) is 0 Å². The van der Waals surface area contributed by atoms with E-state index in [1.54, 1.807) is 5.32 Å². The number of nitrogens with zero attached hydrogens (tertiary/aromatic N) is 2. The highest BCUT2D eigenvalue weighted by molar-refractivity contribution is 5.98. The quantitative estimate of drug-likeness (QED) is 0.801. The number of Topliss-reactive ketones (excluding diaryl/α,β-unsaturated/α-hetero) is 1. The molecular weight excluding hydrogens is 230 g/mol. The first-order chi connectivity index (χ1) is 8.37. The molecule has 0 aliphatic heterocycles. The number of halogens is 1. The van der Waals surface area contributed by atoms with Crippen molar-refractivity contribution in [2.45, 2.75) is 12.8 Å². The molecule has 1 aromatic heterocycles. The number of hydrogen-bond donors (Lipinski definition) is 1. The average Bonchev–Trinajstić information content (AvgIpc) is 3.10. The van der Waals surface area contributed by atoms with Crippen molar-refractivity contribution in [1.29, 1.82) is 0 Å². The zero-order chi connectivity index (χ0) is 13.3. The molecule has 1 heterocycles. The van der Waals surface area contributed by atoms with Crippen molar-refractivity contribution < 1.29 is 13.7 Å². The van der Waals surface area contributed by atoms with Crippen LogP contribution in [0.25, 0.3) is 0 Å². The van der Waals surface area contributed by atoms with Crippen molar-refractivity contribution in [3.05, 3.63) is 23.5 Å². The smallest absolute Gasteiger partial charge is 0.271 e. The summed E-state index contributed by atoms with van der Waals surface area (Å²) in [6, 6.07) is 2.69. The van der Waals surface area contributed by atoms with Gasteiger partial charge in [0.1, 0.15) is 5.69 Å². The van der Waals surface area contributed by atoms with Crippen LogP contribution < -0.4 is 5.32 Å². The van der Waals surface area contributed by atoms with Gasteiger partial charge in [0.25, 0.3) is 5.91 Å². The molecule has 86 valence electrons. The molecule has 0 radical (unpaired) electrons. The van der Waals surface area contributed by atoms with Gasteiger partial charge in [-0.05, 0) is 25.0 Å². The van der Waals surface area contributed by atoms with Crippen LogP contribution in [0, 0.1) is 5.92 Å². The van der Waals surface area contributed by atoms with Crippen LogP contribution in [0.2, 0.25) is 0 Å². The van der Waals surface area contributed by atoms with Gasteiger partial charge >= 0.3 is 0 Å². The Labute approximate surface area is 103 Å². The van der Waals surface area contributed by atoms with Gasteiger partial charge in [-0.25, -0.2) is 0 Å². The fourth-order valence-corrected chi connectivity index (χ4v) is 1.20. The highest BCUT2D eigenvalue weighted by Crippen LogP contribution is 2.31. The molecule has 1 N–H and O–H groups in total. The molecule has 0 atom stereocenters. The van der Waals surface area contributed by atoms with Gasteiger partial charge in [-0.2, -0.15) is 0 Å². The summed E-state index contributed by atoms with van der Waals surface area (Å²) in [5.41, 5.74) is 0.0846. The molecule has 2 rings (SSSR count). The second-order valence-electron chi connectivity index (χ2n) is 3.40. The van der Waals surface area contributed by atoms with Crippen molar-refractivity contribution in [3.8, 4) is 0 Å². The van der Waals surface area contributed by atoms with E-state index in [1.807, 2.05) is 0 Å². The largest absolute Gasteiger partial charge is 0.354 e. The highest BCUT2D eigenvalue weighted by Gasteiger charge is 2.31. The second kappa shape index (κ2) is 5.03. The van der Waals surface area contributed by atoms with Crippen molar-refractivity contribution >= 4 is 24.1 Å². The number of carbonyl (C=O) groups is 2. The summed E-state index contributed by atoms with van der Waals surface area (Å²) in [6.45, 7) is -2.57. The number of carbonyl (C=O) groups excluding carboxylic acids is 2. The van der Waals surface area contributed by atoms with Crippen LogP contribution in [-0.2, 0) is 0 Å². The molecule has 6 heteroatoms. The van der Waals surface area contributed by atoms with E-state index in [0.717, 1.165) is 12.8 Å². The SMILES string of the molecule is Cl.[2H]C([2H])([2H])NC(=O)c1ccc(C(=O)C2CC2)nn1. The predicted octanol–water partition coefficient (Wildman–Crippen LogP) is 0.851. The van der Waals surface area contributed by atoms with Gasteiger partial charge in [0.15, 0.2) is 11.5 Å². The van der Waals surface area contributed by atoms with Crippen LogP contribution in [-0.4, -0.2) is 28.9 Å². The van der Waals surface area contributed by atoms with Crippen LogP contribution in [0.5, 0.6) is 0 Å². The molecule has 5 nitrogen and oxygen atoms in total. The molecule has 0 aromatic carbocycles. The van der Waals surface area contributed by atoms with E-state index in [9.17, 15) is 9.59 Å². The van der Waals surface area contributed by atoms with Crippen LogP contribution in [0.4, 0.5) is 0 Å². The van der Waals surface area contributed by atoms with Gasteiger partial charge in [0.05, 0.1) is 0 Å². The van der Waals surface area contributed by atoms with Crippen LogP contribution in [0.15, 0.2) is 12.1 Å². The molecule has 1 aliphatic carbocycles. The van der Waals surface area contributed by atoms with E-state index >= 15 is 0 Å². The Morgan fingerprint density at radius 3 is 2.50 bits per heavy atom. The number of hydrogen-bond acceptors (Lipinski definition) is 4. The van der Waals surface area contributed by atoms with Gasteiger partial charge in [-0.15, -0.1) is 22.6 Å². The lowest BCUT2D eigenvalue weighted by atomic mass is 10.2. The molecule has 0 bridgehead atoms. The Morgan fingerprint density at radius 2 is 2.00 bits per heavy atom. The molecule has 1 saturated carbocycles. The number of amides is 1. The third-order valence-corrected chi connectivity index (χ3v) is 2.21. The van der Waals surface area contributed by atoms with E-state index in [1.165, 1.54) is 12.1 Å². The summed E-state index contributed by atoms with van der Waals surface area (Å²) in [5, 5.41) is 9.00. The molecule has 1 amide bonds. The fraction of sp³-hybridized carbons (Fsp3) is 0.400. The molecular formula is C10H12ClN3O2. The van der Waals surface area contributed by atoms with Crippen molar-refractivity contribution in [2.24, 2.45) is 5.92 Å². The monoisotopic (exact) mass is 244 g/mol. The first kappa shape index (κ1) is 8.64. The maximum atomic E-state index is 11.6. The molecule has 0 unspecified atom stereocenters. The molecule has 1 aromatic rings. The predicted molar refractivity (Wildman–Crippen MR) is 59.7 cm³/mol. The van der Waals surface area contributed by atoms with Gasteiger partial charge in [-0.3, -0.25) is 9.59 Å². The van der Waals surface area contributed by atoms with Crippen molar-refractivity contribution in [2.75, 3.05) is 6.98 Å². The lowest BCUT2D eigenvalue weighted by molar-refractivity contribution is 0.0944. The average molecular weight is 245 g/mol. The van der Waals surface area contributed by atoms with E-state index in [2.05, 4.69) is 10.2 Å². The minimum absolute atomic E-state index is 0. The lowest BCUT2D eigenvalue weighted by Crippen LogP contribution is -2.20. The van der Waals surface area contributed by atoms with Crippen molar-refractivity contribution in [3.63, 3.8) is 0 Å². The van der Waals surface area contributed by atoms with E-state index in [-0.39, 0.29) is 35.5 Å². The molecule has 0 saturated heterocycles. The lowest BCUT2D eigenvalue weighted by Gasteiger charge is -1.99. The van der Waals surface area contributed by atoms with Gasteiger partial charge in [-0.1, -0.05) is 0 Å². The summed E-state index contributed by atoms with van der Waals surface area (Å²) in [4.78, 5) is 23.1. The number of rotatable bonds is 3. The van der Waals surface area contributed by atoms with E-state index < -0.39 is 12.9 Å². The Bertz CT molecular complexity index is 486. The van der Waals surface area contributed by atoms with Gasteiger partial charge in [0, 0.05) is 17.0 Å². The molecule has 1 fully saturated rings. The summed E-state index contributed by atoms with van der Waals surface area (Å²) in [7, 11) is 0. The van der Waals surface area contributed by atoms with Crippen LogP contribution in [0.1, 0.15) is 37.9 Å². The normalized spacial score (nSPS) is 17.4. The number of nitrogens with one attached hydrogen (secondary N) is 1. The maximum Gasteiger partial charge on any atom is 0.271 e. The summed E-state index contributed by atoms with van der Waals surface area (Å²) in [5.74, 6) is -0.889. The van der Waals surface area contributed by atoms with Gasteiger partial charge < -0.3 is 5.32 Å². The third-order valence-electron chi connectivity index (χ3n) is 2.21. The topological polar surface area (TPSA) is 72.0 Å². The summed E-state index contributed by atoms with van der Waals surface area (Å²) in [6.07, 6.45) is 1.73. The minimum atomic E-state index is -2.57. The minimum Gasteiger partial charge on any atom is -0.354 e. The maximum absolute atomic E-state index is 11.6. The Hall–Kier alpha value is -1.49. The second-order valence-corrected chi connectivity index (χ2v) is 3.40. The van der Waals surface area contributed by atoms with E-state index in [4.69, 9.17) is 4.11 Å². The zero-order valence-electron chi connectivity index (χ0n) is 11.3. The first-order valence-corrected chi connectivity index (χ1v) is 4.57. The number of aromatic nitrogens is 2. The van der Waals surface area contributed by atoms with Crippen LogP contribution >= 0.6 is 12.4 Å². The Morgan fingerprint density at radius 1 is 1.38 bits per heavy atom. The number of ketones is 1. The highest BCUT2D eigenvalue weighted by atomic mass is 35.5. The Kier molecular flexibility index (Phi) is 2.71. The summed E-state index contributed by atoms with van der Waals surface area (Å²) >= 11 is 0. The van der Waals surface area contributed by atoms with Gasteiger partial charge in [0.2, 0.25) is 0 Å². The molecule has 1 aliphatic rings. The fourth-order valence-electron chi connectivity index (χ4n) is 1.20. The van der Waals surface area contributed by atoms with E-state index in [0.29, 0.717) is 0 Å². The first-order valence-electron chi connectivity index (χ1n) is 6.07. The standard InChI is InChI=1S/C10H11N3O2.ClH/c1-11-10(15)8-5-4-7(12-13-8)9(14)6-2-3-6;/h4-6H,2-3H2,1H3,(H,11,15);1H/i1D3;.